The number of piperidine rings is 1. The monoisotopic (exact) mass is 866 g/mol. The molecule has 0 aliphatic carbocycles. The molecule has 0 radical (unpaired) electrons. The van der Waals surface area contributed by atoms with Crippen LogP contribution in [0.1, 0.15) is 33.6 Å². The van der Waals surface area contributed by atoms with Gasteiger partial charge in [-0.25, -0.2) is 14.8 Å². The highest BCUT2D eigenvalue weighted by Gasteiger charge is 2.22. The van der Waals surface area contributed by atoms with E-state index in [2.05, 4.69) is 32.9 Å². The molecule has 3 aliphatic heterocycles. The minimum absolute atomic E-state index is 0.0403. The van der Waals surface area contributed by atoms with E-state index >= 15 is 0 Å². The van der Waals surface area contributed by atoms with E-state index in [0.29, 0.717) is 78.3 Å². The van der Waals surface area contributed by atoms with E-state index in [4.69, 9.17) is 38.5 Å². The fourth-order valence-corrected chi connectivity index (χ4v) is 7.55. The van der Waals surface area contributed by atoms with Crippen LogP contribution in [0.15, 0.2) is 109 Å². The predicted octanol–water partition coefficient (Wildman–Crippen LogP) is 8.31. The molecule has 5 heterocycles. The fraction of sp³-hybridized carbons (Fsp3) is 0.265. The number of carbonyl (C=O) groups excluding carboxylic acids is 1. The Morgan fingerprint density at radius 2 is 1.11 bits per heavy atom. The number of carboxylic acid groups (broad SMARTS) is 1. The Hall–Kier alpha value is -7.52. The lowest BCUT2D eigenvalue weighted by Crippen LogP contribution is -2.36. The maximum absolute atomic E-state index is 12.6. The molecule has 15 heteroatoms. The summed E-state index contributed by atoms with van der Waals surface area (Å²) in [6.45, 7) is 4.97. The van der Waals surface area contributed by atoms with Crippen molar-refractivity contribution in [2.24, 2.45) is 5.92 Å². The minimum atomic E-state index is -0.965. The molecule has 3 aliphatic rings. The number of carbonyl (C=O) groups is 2. The lowest BCUT2D eigenvalue weighted by molar-refractivity contribution is 0.0696. The van der Waals surface area contributed by atoms with Gasteiger partial charge in [-0.2, -0.15) is 0 Å². The van der Waals surface area contributed by atoms with Crippen LogP contribution < -0.4 is 44.4 Å². The third-order valence-corrected chi connectivity index (χ3v) is 11.0. The Morgan fingerprint density at radius 3 is 1.58 bits per heavy atom. The summed E-state index contributed by atoms with van der Waals surface area (Å²) in [5.74, 6) is 3.21. The summed E-state index contributed by atoms with van der Waals surface area (Å²) in [5.41, 5.74) is 6.93. The normalized spacial score (nSPS) is 14.3. The number of likely N-dealkylation sites (tertiary alicyclic amines) is 1. The van der Waals surface area contributed by atoms with Gasteiger partial charge in [-0.05, 0) is 136 Å². The predicted molar refractivity (Wildman–Crippen MR) is 243 cm³/mol. The third kappa shape index (κ3) is 10.2. The number of amides is 1. The van der Waals surface area contributed by atoms with Gasteiger partial charge in [-0.1, -0.05) is 12.1 Å². The molecule has 0 saturated carbocycles. The number of pyridine rings is 2. The molecule has 1 amide bonds. The zero-order chi connectivity index (χ0) is 44.4. The Morgan fingerprint density at radius 1 is 0.641 bits per heavy atom. The van der Waals surface area contributed by atoms with Gasteiger partial charge in [0, 0.05) is 34.6 Å². The lowest BCUT2D eigenvalue weighted by atomic mass is 9.97. The van der Waals surface area contributed by atoms with Crippen LogP contribution in [0.3, 0.4) is 0 Å². The van der Waals surface area contributed by atoms with Crippen molar-refractivity contribution in [1.29, 1.82) is 0 Å². The molecule has 4 N–H and O–H groups in total. The van der Waals surface area contributed by atoms with Crippen LogP contribution in [0.2, 0.25) is 0 Å². The highest BCUT2D eigenvalue weighted by atomic mass is 16.6. The molecule has 0 unspecified atom stereocenters. The van der Waals surface area contributed by atoms with Crippen LogP contribution in [0.4, 0.5) is 22.7 Å². The quantitative estimate of drug-likeness (QED) is 0.0924. The van der Waals surface area contributed by atoms with Crippen molar-refractivity contribution in [2.45, 2.75) is 12.8 Å². The zero-order valence-electron chi connectivity index (χ0n) is 35.9. The molecule has 6 aromatic rings. The first-order valence-corrected chi connectivity index (χ1v) is 21.1. The average molecular weight is 867 g/mol. The van der Waals surface area contributed by atoms with Crippen molar-refractivity contribution in [3.63, 3.8) is 0 Å². The highest BCUT2D eigenvalue weighted by Crippen LogP contribution is 2.42. The summed E-state index contributed by atoms with van der Waals surface area (Å²) in [5, 5.41) is 18.6. The van der Waals surface area contributed by atoms with Crippen LogP contribution in [-0.4, -0.2) is 99.2 Å². The van der Waals surface area contributed by atoms with Gasteiger partial charge in [0.1, 0.15) is 37.8 Å². The topological polar surface area (TPSA) is 175 Å². The summed E-state index contributed by atoms with van der Waals surface area (Å²) in [6.07, 6.45) is 2.25. The van der Waals surface area contributed by atoms with Gasteiger partial charge in [0.25, 0.3) is 5.91 Å². The van der Waals surface area contributed by atoms with Gasteiger partial charge in [-0.3, -0.25) is 4.79 Å². The van der Waals surface area contributed by atoms with Gasteiger partial charge in [-0.15, -0.1) is 0 Å². The number of hydrogen-bond acceptors (Lipinski definition) is 13. The molecule has 1 fully saturated rings. The second-order valence-corrected chi connectivity index (χ2v) is 15.3. The number of hydrogen-bond donors (Lipinski definition) is 4. The van der Waals surface area contributed by atoms with Crippen LogP contribution in [0, 0.1) is 5.92 Å². The average Bonchev–Trinajstić information content (AvgIpc) is 3.34. The number of ether oxygens (including phenoxy) is 6. The van der Waals surface area contributed by atoms with Gasteiger partial charge in [0.15, 0.2) is 23.0 Å². The molecular weight excluding hydrogens is 817 g/mol. The Kier molecular flexibility index (Phi) is 13.6. The molecule has 4 aromatic carbocycles. The van der Waals surface area contributed by atoms with Crippen molar-refractivity contribution in [3.8, 4) is 57.3 Å². The standard InChI is InChI=1S/C28H32N4O4.C21H18N2O5/c1-32-14-12-19(13-15-32)18-29-27(33)20-6-8-21(9-7-20)30-24-11-10-23(31-28(24)34-2)22-4-3-5-25-26(22)36-17-16-35-25;1-26-20-17(22-14-7-5-13(6-8-14)21(24)25)10-9-16(23-20)15-3-2-4-18-19(15)28-12-11-27-18/h3-11,19,30H,12-18H2,1-2H3,(H,29,33);2-10,22H,11-12H2,1H3,(H,24,25). The number of fused-ring (bicyclic) bond motifs is 2. The van der Waals surface area contributed by atoms with Crippen LogP contribution in [-0.2, 0) is 0 Å². The van der Waals surface area contributed by atoms with Gasteiger partial charge < -0.3 is 54.4 Å². The molecule has 0 bridgehead atoms. The van der Waals surface area contributed by atoms with E-state index in [9.17, 15) is 9.59 Å². The van der Waals surface area contributed by atoms with Crippen molar-refractivity contribution < 1.29 is 43.1 Å². The first-order valence-electron chi connectivity index (χ1n) is 21.1. The van der Waals surface area contributed by atoms with Crippen molar-refractivity contribution in [1.82, 2.24) is 20.2 Å². The molecule has 15 nitrogen and oxygen atoms in total. The summed E-state index contributed by atoms with van der Waals surface area (Å²) in [7, 11) is 5.28. The lowest BCUT2D eigenvalue weighted by Gasteiger charge is -2.28. The van der Waals surface area contributed by atoms with E-state index in [1.54, 1.807) is 26.4 Å². The fourth-order valence-electron chi connectivity index (χ4n) is 7.55. The number of aromatic nitrogens is 2. The third-order valence-electron chi connectivity index (χ3n) is 11.0. The molecule has 1 saturated heterocycles. The van der Waals surface area contributed by atoms with Crippen molar-refractivity contribution in [3.05, 3.63) is 120 Å². The number of benzene rings is 4. The van der Waals surface area contributed by atoms with Crippen LogP contribution in [0.25, 0.3) is 22.5 Å². The van der Waals surface area contributed by atoms with E-state index in [0.717, 1.165) is 72.1 Å². The molecule has 0 spiro atoms. The smallest absolute Gasteiger partial charge is 0.335 e. The minimum Gasteiger partial charge on any atom is -0.486 e. The van der Waals surface area contributed by atoms with Gasteiger partial charge in [0.2, 0.25) is 11.8 Å². The van der Waals surface area contributed by atoms with Crippen LogP contribution >= 0.6 is 0 Å². The van der Waals surface area contributed by atoms with Crippen molar-refractivity contribution >= 4 is 34.6 Å². The largest absolute Gasteiger partial charge is 0.486 e. The van der Waals surface area contributed by atoms with E-state index in [1.165, 1.54) is 12.1 Å². The zero-order valence-corrected chi connectivity index (χ0v) is 35.9. The number of aromatic carboxylic acids is 1. The number of nitrogens with one attached hydrogen (secondary N) is 3. The molecule has 330 valence electrons. The number of anilines is 4. The summed E-state index contributed by atoms with van der Waals surface area (Å²) in [6, 6.07) is 32.9. The van der Waals surface area contributed by atoms with Gasteiger partial charge >= 0.3 is 5.97 Å². The summed E-state index contributed by atoms with van der Waals surface area (Å²) >= 11 is 0. The number of rotatable bonds is 12. The maximum Gasteiger partial charge on any atom is 0.335 e. The maximum atomic E-state index is 12.6. The van der Waals surface area contributed by atoms with E-state index in [1.807, 2.05) is 84.9 Å². The SMILES string of the molecule is COc1nc(-c2cccc3c2OCCO3)ccc1Nc1ccc(C(=O)NCC2CCN(C)CC2)cc1.COc1nc(-c2cccc3c2OCCO3)ccc1Nc1ccc(C(=O)O)cc1. The number of carboxylic acids is 1. The van der Waals surface area contributed by atoms with Crippen molar-refractivity contribution in [2.75, 3.05) is 78.0 Å². The number of methoxy groups -OCH3 is 2. The molecule has 9 rings (SSSR count). The Labute approximate surface area is 371 Å². The molecule has 0 atom stereocenters. The second-order valence-electron chi connectivity index (χ2n) is 15.3. The second kappa shape index (κ2) is 20.1. The highest BCUT2D eigenvalue weighted by molar-refractivity contribution is 5.94. The molecule has 64 heavy (non-hydrogen) atoms. The number of nitrogens with zero attached hydrogens (tertiary/aromatic N) is 3. The van der Waals surface area contributed by atoms with E-state index in [-0.39, 0.29) is 11.5 Å². The van der Waals surface area contributed by atoms with Gasteiger partial charge in [0.05, 0.1) is 31.2 Å². The van der Waals surface area contributed by atoms with Crippen LogP contribution in [0.5, 0.6) is 34.8 Å². The van der Waals surface area contributed by atoms with E-state index < -0.39 is 5.97 Å². The summed E-state index contributed by atoms with van der Waals surface area (Å²) < 4.78 is 34.0. The first kappa shape index (κ1) is 43.1. The molecule has 2 aromatic heterocycles. The molecular formula is C49H50N6O9. The Bertz CT molecular complexity index is 2580. The Balaban J connectivity index is 0.000000181. The first-order chi connectivity index (χ1) is 31.3. The summed E-state index contributed by atoms with van der Waals surface area (Å²) in [4.78, 5) is 35.2. The number of para-hydroxylation sites is 2.